The Morgan fingerprint density at radius 3 is 2.91 bits per heavy atom. The number of carbonyl (C=O) groups excluding carboxylic acids is 1. The third kappa shape index (κ3) is 4.94. The Bertz CT molecular complexity index is 1980. The van der Waals surface area contributed by atoms with Crippen molar-refractivity contribution < 1.29 is 22.7 Å². The van der Waals surface area contributed by atoms with Crippen LogP contribution in [0.4, 0.5) is 24.0 Å². The zero-order chi connectivity index (χ0) is 33.2. The maximum Gasteiger partial charge on any atom is 0.319 e. The van der Waals surface area contributed by atoms with Crippen LogP contribution in [-0.4, -0.2) is 87.7 Å². The molecule has 1 unspecified atom stereocenters. The van der Waals surface area contributed by atoms with E-state index in [9.17, 15) is 18.8 Å². The third-order valence-electron chi connectivity index (χ3n) is 10.1. The number of nitrogens with two attached hydrogens (primary N) is 1. The molecule has 1 amide bonds. The summed E-state index contributed by atoms with van der Waals surface area (Å²) in [6.45, 7) is 7.34. The molecule has 3 fully saturated rings. The highest BCUT2D eigenvalue weighted by molar-refractivity contribution is 7.23. The van der Waals surface area contributed by atoms with Gasteiger partial charge in [0.05, 0.1) is 27.2 Å². The highest BCUT2D eigenvalue weighted by Crippen LogP contribution is 2.43. The van der Waals surface area contributed by atoms with Gasteiger partial charge >= 0.3 is 6.01 Å². The van der Waals surface area contributed by atoms with E-state index in [4.69, 9.17) is 15.5 Å². The number of anilines is 2. The number of nitrogen functional groups attached to an aromatic ring is 1. The van der Waals surface area contributed by atoms with E-state index in [1.165, 1.54) is 24.4 Å². The number of hydrogen-bond acceptors (Lipinski definition) is 10. The van der Waals surface area contributed by atoms with Gasteiger partial charge in [0.2, 0.25) is 5.91 Å². The summed E-state index contributed by atoms with van der Waals surface area (Å²) in [5.74, 6) is -1.21. The number of carbonyl (C=O) groups is 1. The van der Waals surface area contributed by atoms with Crippen LogP contribution in [-0.2, 0) is 4.79 Å². The van der Waals surface area contributed by atoms with E-state index in [2.05, 4.69) is 21.4 Å². The smallest absolute Gasteiger partial charge is 0.319 e. The van der Waals surface area contributed by atoms with Crippen LogP contribution < -0.4 is 15.4 Å². The number of benzene rings is 1. The van der Waals surface area contributed by atoms with E-state index in [1.54, 1.807) is 4.90 Å². The lowest BCUT2D eigenvalue weighted by Crippen LogP contribution is -2.44. The molecule has 47 heavy (non-hydrogen) atoms. The van der Waals surface area contributed by atoms with Gasteiger partial charge in [0.25, 0.3) is 0 Å². The minimum atomic E-state index is -0.953. The van der Waals surface area contributed by atoms with E-state index >= 15 is 4.39 Å². The first kappa shape index (κ1) is 31.1. The third-order valence-corrected chi connectivity index (χ3v) is 11.1. The molecule has 1 aromatic carbocycles. The molecule has 3 aromatic heterocycles. The van der Waals surface area contributed by atoms with Crippen LogP contribution in [0.1, 0.15) is 38.2 Å². The van der Waals surface area contributed by atoms with E-state index in [-0.39, 0.29) is 68.0 Å². The number of alkyl halides is 1. The lowest BCUT2D eigenvalue weighted by atomic mass is 9.95. The van der Waals surface area contributed by atoms with Crippen LogP contribution in [0.2, 0.25) is 0 Å². The standard InChI is InChI=1S/C33H33F3N8O2S/c1-4-24(45)44-11-8-23(17(44)2)42(3)31-21-14-39-27(19-6-7-22(35)29-25(19)20(13-37)30(38)47-29)26(36)28(21)40-32(41-31)46-16-33-9-5-10-43(33)15-18(34)12-33/h4,6-7,14,17-18,23H,1,5,8-12,15-16,38H2,2-3H3/t17-,18-,23?,33+/m1/s1. The van der Waals surface area contributed by atoms with E-state index < -0.39 is 23.3 Å². The Kier molecular flexibility index (Phi) is 7.71. The molecule has 0 spiro atoms. The second-order valence-corrected chi connectivity index (χ2v) is 13.6. The number of aromatic nitrogens is 3. The summed E-state index contributed by atoms with van der Waals surface area (Å²) >= 11 is 0.914. The summed E-state index contributed by atoms with van der Waals surface area (Å²) < 4.78 is 52.4. The van der Waals surface area contributed by atoms with Crippen molar-refractivity contribution in [3.8, 4) is 23.3 Å². The largest absolute Gasteiger partial charge is 0.461 e. The number of pyridine rings is 1. The van der Waals surface area contributed by atoms with Crippen LogP contribution in [0, 0.1) is 23.0 Å². The molecule has 4 atom stereocenters. The molecule has 0 aliphatic carbocycles. The van der Waals surface area contributed by atoms with Gasteiger partial charge in [0.15, 0.2) is 5.82 Å². The molecule has 10 nitrogen and oxygen atoms in total. The van der Waals surface area contributed by atoms with E-state index in [0.29, 0.717) is 37.1 Å². The summed E-state index contributed by atoms with van der Waals surface area (Å²) in [6.07, 6.45) is 4.46. The Morgan fingerprint density at radius 2 is 2.15 bits per heavy atom. The van der Waals surface area contributed by atoms with Gasteiger partial charge in [-0.1, -0.05) is 6.58 Å². The van der Waals surface area contributed by atoms with Gasteiger partial charge in [-0.2, -0.15) is 15.2 Å². The first-order valence-corrected chi connectivity index (χ1v) is 16.3. The van der Waals surface area contributed by atoms with Crippen LogP contribution in [0.3, 0.4) is 0 Å². The van der Waals surface area contributed by atoms with Crippen molar-refractivity contribution in [1.29, 1.82) is 5.26 Å². The van der Waals surface area contributed by atoms with Gasteiger partial charge in [-0.05, 0) is 50.9 Å². The molecule has 7 rings (SSSR count). The predicted octanol–water partition coefficient (Wildman–Crippen LogP) is 5.21. The molecule has 0 saturated carbocycles. The summed E-state index contributed by atoms with van der Waals surface area (Å²) in [4.78, 5) is 31.9. The Balaban J connectivity index is 1.35. The summed E-state index contributed by atoms with van der Waals surface area (Å²) in [7, 11) is 1.82. The molecule has 3 aliphatic rings. The fourth-order valence-electron chi connectivity index (χ4n) is 7.71. The molecular weight excluding hydrogens is 629 g/mol. The summed E-state index contributed by atoms with van der Waals surface area (Å²) in [5, 5.41) is 10.4. The normalized spacial score (nSPS) is 24.2. The average Bonchev–Trinajstić information content (AvgIpc) is 3.80. The molecule has 3 aliphatic heterocycles. The molecular formula is C33H33F3N8O2S. The molecule has 2 N–H and O–H groups in total. The number of amides is 1. The molecule has 3 saturated heterocycles. The van der Waals surface area contributed by atoms with Gasteiger partial charge in [0.1, 0.15) is 46.7 Å². The molecule has 4 aromatic rings. The second-order valence-electron chi connectivity index (χ2n) is 12.6. The molecule has 0 bridgehead atoms. The molecule has 244 valence electrons. The van der Waals surface area contributed by atoms with Crippen LogP contribution in [0.15, 0.2) is 31.0 Å². The zero-order valence-corrected chi connectivity index (χ0v) is 26.8. The fraction of sp³-hybridized carbons (Fsp3) is 0.424. The Labute approximate surface area is 273 Å². The summed E-state index contributed by atoms with van der Waals surface area (Å²) in [5.41, 5.74) is 5.58. The highest BCUT2D eigenvalue weighted by atomic mass is 32.1. The number of ether oxygens (including phenoxy) is 1. The van der Waals surface area contributed by atoms with Crippen LogP contribution in [0.25, 0.3) is 32.2 Å². The van der Waals surface area contributed by atoms with Crippen molar-refractivity contribution in [2.45, 2.75) is 56.4 Å². The minimum Gasteiger partial charge on any atom is -0.461 e. The monoisotopic (exact) mass is 662 g/mol. The van der Waals surface area contributed by atoms with Gasteiger partial charge in [-0.25, -0.2) is 13.2 Å². The van der Waals surface area contributed by atoms with Crippen LogP contribution >= 0.6 is 11.3 Å². The van der Waals surface area contributed by atoms with Gasteiger partial charge < -0.3 is 20.3 Å². The fourth-order valence-corrected chi connectivity index (χ4v) is 8.66. The van der Waals surface area contributed by atoms with Gasteiger partial charge in [0, 0.05) is 49.7 Å². The van der Waals surface area contributed by atoms with Crippen molar-refractivity contribution in [1.82, 2.24) is 24.8 Å². The van der Waals surface area contributed by atoms with Crippen molar-refractivity contribution in [3.63, 3.8) is 0 Å². The van der Waals surface area contributed by atoms with Crippen molar-refractivity contribution in [3.05, 3.63) is 48.2 Å². The molecule has 14 heteroatoms. The minimum absolute atomic E-state index is 0.0462. The molecule has 0 radical (unpaired) electrons. The number of halogens is 3. The first-order chi connectivity index (χ1) is 22.6. The van der Waals surface area contributed by atoms with Crippen LogP contribution in [0.5, 0.6) is 6.01 Å². The summed E-state index contributed by atoms with van der Waals surface area (Å²) in [6, 6.07) is 4.12. The van der Waals surface area contributed by atoms with Gasteiger partial charge in [-0.15, -0.1) is 11.3 Å². The first-order valence-electron chi connectivity index (χ1n) is 15.5. The van der Waals surface area contributed by atoms with E-state index in [0.717, 1.165) is 30.7 Å². The number of thiophene rings is 1. The maximum absolute atomic E-state index is 16.8. The lowest BCUT2D eigenvalue weighted by Gasteiger charge is -2.32. The van der Waals surface area contributed by atoms with Crippen molar-refractivity contribution in [2.24, 2.45) is 0 Å². The zero-order valence-electron chi connectivity index (χ0n) is 26.0. The van der Waals surface area contributed by atoms with E-state index in [1.807, 2.05) is 24.9 Å². The quantitative estimate of drug-likeness (QED) is 0.266. The van der Waals surface area contributed by atoms with Crippen molar-refractivity contribution >= 4 is 49.1 Å². The SMILES string of the molecule is C=CC(=O)N1CCC(N(C)c2nc(OC[C@@]34CCCN3C[C@H](F)C4)nc3c(F)c(-c4ccc(F)c5sc(N)c(C#N)c45)ncc23)[C@H]1C. The number of likely N-dealkylation sites (tertiary alicyclic amines) is 1. The number of rotatable bonds is 7. The number of likely N-dealkylation sites (N-methyl/N-ethyl adjacent to an activating group) is 1. The van der Waals surface area contributed by atoms with Crippen molar-refractivity contribution in [2.75, 3.05) is 43.9 Å². The highest BCUT2D eigenvalue weighted by Gasteiger charge is 2.49. The maximum atomic E-state index is 16.8. The Morgan fingerprint density at radius 1 is 1.34 bits per heavy atom. The predicted molar refractivity (Wildman–Crippen MR) is 174 cm³/mol. The average molecular weight is 663 g/mol. The Hall–Kier alpha value is -4.48. The number of nitriles is 1. The second kappa shape index (κ2) is 11.6. The van der Waals surface area contributed by atoms with Gasteiger partial charge in [-0.3, -0.25) is 14.7 Å². The topological polar surface area (TPSA) is 125 Å². The number of nitrogens with zero attached hydrogens (tertiary/aromatic N) is 7. The number of hydrogen-bond donors (Lipinski definition) is 1. The lowest BCUT2D eigenvalue weighted by molar-refractivity contribution is -0.126. The molecule has 6 heterocycles. The number of fused-ring (bicyclic) bond motifs is 3.